The Morgan fingerprint density at radius 3 is 2.52 bits per heavy atom. The fourth-order valence-corrected chi connectivity index (χ4v) is 3.25. The summed E-state index contributed by atoms with van der Waals surface area (Å²) in [5.41, 5.74) is 1.16. The van der Waals surface area contributed by atoms with Crippen molar-refractivity contribution in [2.24, 2.45) is 0 Å². The van der Waals surface area contributed by atoms with Crippen LogP contribution in [-0.2, 0) is 0 Å². The Kier molecular flexibility index (Phi) is 5.93. The van der Waals surface area contributed by atoms with Crippen molar-refractivity contribution in [1.29, 1.82) is 0 Å². The molecule has 2 aromatic carbocycles. The summed E-state index contributed by atoms with van der Waals surface area (Å²) in [5, 5.41) is 5.16. The minimum atomic E-state index is -0.812. The Hall–Kier alpha value is -2.64. The first-order chi connectivity index (χ1) is 12.9. The molecule has 0 saturated carbocycles. The molecule has 8 heteroatoms. The number of piperazine rings is 1. The number of quaternary nitrogens is 1. The van der Waals surface area contributed by atoms with Crippen LogP contribution in [0.5, 0.6) is 0 Å². The molecule has 0 aliphatic carbocycles. The summed E-state index contributed by atoms with van der Waals surface area (Å²) in [5.74, 6) is -1.50. The number of nitrogens with one attached hydrogen (secondary N) is 3. The van der Waals surface area contributed by atoms with Crippen LogP contribution in [0.1, 0.15) is 10.4 Å². The van der Waals surface area contributed by atoms with Crippen LogP contribution >= 0.6 is 11.6 Å². The van der Waals surface area contributed by atoms with Gasteiger partial charge in [0.1, 0.15) is 5.82 Å². The summed E-state index contributed by atoms with van der Waals surface area (Å²) in [6, 6.07) is 9.90. The molecule has 1 heterocycles. The number of halogens is 2. The molecule has 1 saturated heterocycles. The van der Waals surface area contributed by atoms with E-state index in [1.165, 1.54) is 23.1 Å². The van der Waals surface area contributed by atoms with Crippen molar-refractivity contribution in [3.63, 3.8) is 0 Å². The molecule has 6 nitrogen and oxygen atoms in total. The molecule has 3 amide bonds. The van der Waals surface area contributed by atoms with Gasteiger partial charge in [0.25, 0.3) is 5.91 Å². The third-order valence-electron chi connectivity index (χ3n) is 4.51. The van der Waals surface area contributed by atoms with Gasteiger partial charge in [-0.15, -0.1) is 0 Å². The summed E-state index contributed by atoms with van der Waals surface area (Å²) in [4.78, 5) is 27.7. The van der Waals surface area contributed by atoms with Crippen LogP contribution in [0.4, 0.5) is 20.6 Å². The van der Waals surface area contributed by atoms with Gasteiger partial charge in [-0.05, 0) is 30.3 Å². The maximum atomic E-state index is 13.6. The van der Waals surface area contributed by atoms with E-state index in [0.29, 0.717) is 10.7 Å². The zero-order valence-electron chi connectivity index (χ0n) is 14.9. The molecule has 1 aliphatic rings. The summed E-state index contributed by atoms with van der Waals surface area (Å²) in [6.45, 7) is 3.90. The van der Waals surface area contributed by atoms with Gasteiger partial charge in [-0.25, -0.2) is 9.18 Å². The van der Waals surface area contributed by atoms with Crippen LogP contribution in [0.3, 0.4) is 0 Å². The summed E-state index contributed by atoms with van der Waals surface area (Å²) >= 11 is 6.37. The molecule has 1 aliphatic heterocycles. The number of rotatable bonds is 3. The van der Waals surface area contributed by atoms with Gasteiger partial charge in [0, 0.05) is 5.69 Å². The smallest absolute Gasteiger partial charge is 0.326 e. The van der Waals surface area contributed by atoms with E-state index in [-0.39, 0.29) is 5.56 Å². The van der Waals surface area contributed by atoms with E-state index >= 15 is 0 Å². The molecule has 0 spiro atoms. The van der Waals surface area contributed by atoms with Crippen molar-refractivity contribution in [2.75, 3.05) is 43.4 Å². The van der Waals surface area contributed by atoms with E-state index in [0.717, 1.165) is 37.9 Å². The first-order valence-corrected chi connectivity index (χ1v) is 9.04. The lowest BCUT2D eigenvalue weighted by molar-refractivity contribution is -0.880. The molecule has 0 bridgehead atoms. The minimum absolute atomic E-state index is 0.196. The lowest BCUT2D eigenvalue weighted by Gasteiger charge is -2.32. The molecule has 2 aromatic rings. The third kappa shape index (κ3) is 4.75. The number of likely N-dealkylation sites (N-methyl/N-ethyl adjacent to an activating group) is 1. The van der Waals surface area contributed by atoms with Crippen LogP contribution in [0.25, 0.3) is 0 Å². The lowest BCUT2D eigenvalue weighted by Crippen LogP contribution is -3.12. The number of imide groups is 1. The summed E-state index contributed by atoms with van der Waals surface area (Å²) in [7, 11) is 2.16. The number of hydrogen-bond donors (Lipinski definition) is 3. The molecule has 1 fully saturated rings. The van der Waals surface area contributed by atoms with Gasteiger partial charge in [0.05, 0.1) is 49.5 Å². The molecule has 0 radical (unpaired) electrons. The standard InChI is InChI=1S/C19H20ClFN4O2/c1-24-8-10-25(11-9-24)17-7-6-13(12-15(17)20)22-19(27)23-18(26)14-4-2-3-5-16(14)21/h2-7,12H,8-11H2,1H3,(H2,22,23,26,27)/p+1. The zero-order valence-corrected chi connectivity index (χ0v) is 15.6. The maximum Gasteiger partial charge on any atom is 0.326 e. The third-order valence-corrected chi connectivity index (χ3v) is 4.81. The SMILES string of the molecule is C[NH+]1CCN(c2ccc(NC(=O)NC(=O)c3ccccc3F)cc2Cl)CC1. The largest absolute Gasteiger partial charge is 0.359 e. The minimum Gasteiger partial charge on any atom is -0.359 e. The van der Waals surface area contributed by atoms with Crippen LogP contribution in [0, 0.1) is 5.82 Å². The van der Waals surface area contributed by atoms with E-state index < -0.39 is 17.8 Å². The Morgan fingerprint density at radius 2 is 1.85 bits per heavy atom. The van der Waals surface area contributed by atoms with Crippen LogP contribution in [0.2, 0.25) is 5.02 Å². The quantitative estimate of drug-likeness (QED) is 0.747. The zero-order chi connectivity index (χ0) is 19.4. The molecule has 0 unspecified atom stereocenters. The molecule has 3 N–H and O–H groups in total. The second kappa shape index (κ2) is 8.37. The highest BCUT2D eigenvalue weighted by molar-refractivity contribution is 6.33. The van der Waals surface area contributed by atoms with Crippen molar-refractivity contribution in [3.8, 4) is 0 Å². The monoisotopic (exact) mass is 391 g/mol. The fourth-order valence-electron chi connectivity index (χ4n) is 2.95. The van der Waals surface area contributed by atoms with Crippen LogP contribution < -0.4 is 20.4 Å². The molecular formula is C19H21ClFN4O2+. The normalized spacial score (nSPS) is 14.7. The lowest BCUT2D eigenvalue weighted by atomic mass is 10.2. The number of carbonyl (C=O) groups is 2. The highest BCUT2D eigenvalue weighted by Gasteiger charge is 2.19. The highest BCUT2D eigenvalue weighted by atomic mass is 35.5. The van der Waals surface area contributed by atoms with E-state index in [9.17, 15) is 14.0 Å². The van der Waals surface area contributed by atoms with Gasteiger partial charge >= 0.3 is 6.03 Å². The topological polar surface area (TPSA) is 65.9 Å². The first-order valence-electron chi connectivity index (χ1n) is 8.66. The predicted octanol–water partition coefficient (Wildman–Crippen LogP) is 1.78. The van der Waals surface area contributed by atoms with Crippen molar-refractivity contribution in [3.05, 3.63) is 58.9 Å². The van der Waals surface area contributed by atoms with Gasteiger partial charge in [-0.1, -0.05) is 23.7 Å². The van der Waals surface area contributed by atoms with Gasteiger partial charge in [0.2, 0.25) is 0 Å². The second-order valence-electron chi connectivity index (χ2n) is 6.50. The average Bonchev–Trinajstić information content (AvgIpc) is 2.63. The maximum absolute atomic E-state index is 13.6. The molecule has 0 aromatic heterocycles. The molecule has 142 valence electrons. The number of nitrogens with zero attached hydrogens (tertiary/aromatic N) is 1. The molecular weight excluding hydrogens is 371 g/mol. The van der Waals surface area contributed by atoms with Gasteiger partial charge in [0.15, 0.2) is 0 Å². The number of urea groups is 1. The van der Waals surface area contributed by atoms with E-state index in [4.69, 9.17) is 11.6 Å². The van der Waals surface area contributed by atoms with Crippen molar-refractivity contribution >= 4 is 34.9 Å². The molecule has 0 atom stereocenters. The summed E-state index contributed by atoms with van der Waals surface area (Å²) in [6.07, 6.45) is 0. The molecule has 3 rings (SSSR count). The van der Waals surface area contributed by atoms with Crippen LogP contribution in [-0.4, -0.2) is 45.2 Å². The van der Waals surface area contributed by atoms with Crippen LogP contribution in [0.15, 0.2) is 42.5 Å². The number of benzene rings is 2. The number of anilines is 2. The number of hydrogen-bond acceptors (Lipinski definition) is 3. The van der Waals surface area contributed by atoms with E-state index in [2.05, 4.69) is 22.6 Å². The summed E-state index contributed by atoms with van der Waals surface area (Å²) < 4.78 is 13.6. The fraction of sp³-hybridized carbons (Fsp3) is 0.263. The highest BCUT2D eigenvalue weighted by Crippen LogP contribution is 2.28. The van der Waals surface area contributed by atoms with Gasteiger partial charge < -0.3 is 15.1 Å². The van der Waals surface area contributed by atoms with E-state index in [1.807, 2.05) is 6.07 Å². The predicted molar refractivity (Wildman–Crippen MR) is 103 cm³/mol. The average molecular weight is 392 g/mol. The Morgan fingerprint density at radius 1 is 1.15 bits per heavy atom. The Balaban J connectivity index is 1.62. The second-order valence-corrected chi connectivity index (χ2v) is 6.91. The van der Waals surface area contributed by atoms with Gasteiger partial charge in [-0.2, -0.15) is 0 Å². The Bertz CT molecular complexity index is 853. The van der Waals surface area contributed by atoms with Crippen molar-refractivity contribution < 1.29 is 18.9 Å². The van der Waals surface area contributed by atoms with Crippen molar-refractivity contribution in [2.45, 2.75) is 0 Å². The van der Waals surface area contributed by atoms with E-state index in [1.54, 1.807) is 12.1 Å². The first kappa shape index (κ1) is 19.1. The molecule has 27 heavy (non-hydrogen) atoms. The Labute approximate surface area is 161 Å². The number of amides is 3. The van der Waals surface area contributed by atoms with Crippen molar-refractivity contribution in [1.82, 2.24) is 5.32 Å². The number of carbonyl (C=O) groups excluding carboxylic acids is 2. The van der Waals surface area contributed by atoms with Gasteiger partial charge in [-0.3, -0.25) is 10.1 Å².